The van der Waals surface area contributed by atoms with Gasteiger partial charge in [-0.1, -0.05) is 6.07 Å². The van der Waals surface area contributed by atoms with E-state index in [1.807, 2.05) is 6.92 Å². The number of anilines is 1. The lowest BCUT2D eigenvalue weighted by atomic mass is 9.98. The van der Waals surface area contributed by atoms with Crippen molar-refractivity contribution >= 4 is 22.6 Å². The van der Waals surface area contributed by atoms with Crippen LogP contribution in [0.4, 0.5) is 10.5 Å². The van der Waals surface area contributed by atoms with Gasteiger partial charge in [0.25, 0.3) is 0 Å². The summed E-state index contributed by atoms with van der Waals surface area (Å²) in [7, 11) is -1.16. The first-order chi connectivity index (χ1) is 14.0. The molecule has 2 aliphatic carbocycles. The van der Waals surface area contributed by atoms with Crippen LogP contribution in [0.25, 0.3) is 0 Å². The SMILES string of the molecule is Cc1nn2c(c1S(N)=NC(=O)Nc1c3c(cc4c1CCC4O)CCC3)OCCC2. The Bertz CT molecular complexity index is 1050. The highest BCUT2D eigenvalue weighted by atomic mass is 32.2. The first-order valence-electron chi connectivity index (χ1n) is 10.1. The summed E-state index contributed by atoms with van der Waals surface area (Å²) in [5, 5.41) is 24.1. The molecule has 2 atom stereocenters. The van der Waals surface area contributed by atoms with Crippen LogP contribution in [-0.2, 0) is 36.7 Å². The summed E-state index contributed by atoms with van der Waals surface area (Å²) in [5.74, 6) is 0.626. The van der Waals surface area contributed by atoms with E-state index in [0.717, 1.165) is 61.2 Å². The number of ether oxygens (including phenoxy) is 1. The number of benzene rings is 1. The lowest BCUT2D eigenvalue weighted by molar-refractivity contribution is 0.180. The number of fused-ring (bicyclic) bond motifs is 3. The number of nitrogens with one attached hydrogen (secondary N) is 1. The Balaban J connectivity index is 1.47. The molecule has 2 aromatic rings. The summed E-state index contributed by atoms with van der Waals surface area (Å²) in [6.45, 7) is 3.26. The zero-order valence-electron chi connectivity index (χ0n) is 16.4. The number of urea groups is 1. The minimum atomic E-state index is -1.16. The summed E-state index contributed by atoms with van der Waals surface area (Å²) < 4.78 is 11.7. The standard InChI is InChI=1S/C20H25N5O3S/c1-11-18(19-25(23-11)8-3-9-28-19)29(21)24-20(27)22-17-13-5-2-4-12(13)10-15-14(17)6-7-16(15)26/h10,16,26H,2-9H2,1H3,(H3,21,22,24,27). The van der Waals surface area contributed by atoms with Crippen molar-refractivity contribution in [3.63, 3.8) is 0 Å². The number of carbonyl (C=O) groups excluding carboxylic acids is 1. The molecular weight excluding hydrogens is 390 g/mol. The predicted molar refractivity (Wildman–Crippen MR) is 110 cm³/mol. The van der Waals surface area contributed by atoms with Crippen molar-refractivity contribution in [2.45, 2.75) is 63.0 Å². The summed E-state index contributed by atoms with van der Waals surface area (Å²) in [5.41, 5.74) is 5.97. The molecule has 154 valence electrons. The van der Waals surface area contributed by atoms with Gasteiger partial charge in [-0.05, 0) is 61.3 Å². The minimum Gasteiger partial charge on any atom is -0.477 e. The Morgan fingerprint density at radius 3 is 3.10 bits per heavy atom. The lowest BCUT2D eigenvalue weighted by Gasteiger charge is -2.17. The van der Waals surface area contributed by atoms with Gasteiger partial charge in [-0.25, -0.2) is 9.48 Å². The topological polar surface area (TPSA) is 115 Å². The zero-order valence-corrected chi connectivity index (χ0v) is 17.2. The highest BCUT2D eigenvalue weighted by Crippen LogP contribution is 2.42. The Hall–Kier alpha value is -2.23. The number of nitrogens with two attached hydrogens (primary N) is 1. The van der Waals surface area contributed by atoms with Gasteiger partial charge in [-0.15, -0.1) is 0 Å². The number of amides is 2. The predicted octanol–water partition coefficient (Wildman–Crippen LogP) is 2.71. The van der Waals surface area contributed by atoms with Crippen molar-refractivity contribution in [3.8, 4) is 5.88 Å². The molecule has 3 aliphatic rings. The quantitative estimate of drug-likeness (QED) is 0.698. The van der Waals surface area contributed by atoms with Crippen LogP contribution in [0.3, 0.4) is 0 Å². The van der Waals surface area contributed by atoms with Gasteiger partial charge in [-0.2, -0.15) is 9.46 Å². The second-order valence-electron chi connectivity index (χ2n) is 7.85. The van der Waals surface area contributed by atoms with E-state index in [2.05, 4.69) is 20.8 Å². The third-order valence-electron chi connectivity index (χ3n) is 5.97. The highest BCUT2D eigenvalue weighted by Gasteiger charge is 2.29. The molecule has 2 amide bonds. The van der Waals surface area contributed by atoms with Gasteiger partial charge < -0.3 is 15.2 Å². The van der Waals surface area contributed by atoms with Gasteiger partial charge >= 0.3 is 6.03 Å². The Kier molecular flexibility index (Phi) is 4.68. The van der Waals surface area contributed by atoms with Crippen LogP contribution in [0, 0.1) is 6.92 Å². The fraction of sp³-hybridized carbons (Fsp3) is 0.500. The van der Waals surface area contributed by atoms with Crippen LogP contribution in [-0.4, -0.2) is 27.5 Å². The number of rotatable bonds is 2. The van der Waals surface area contributed by atoms with Gasteiger partial charge in [0.05, 0.1) is 18.4 Å². The highest BCUT2D eigenvalue weighted by molar-refractivity contribution is 7.85. The fourth-order valence-corrected chi connectivity index (χ4v) is 5.69. The number of carbonyl (C=O) groups is 1. The largest absolute Gasteiger partial charge is 0.477 e. The molecular formula is C20H25N5O3S. The van der Waals surface area contributed by atoms with E-state index in [1.54, 1.807) is 4.68 Å². The number of aromatic nitrogens is 2. The van der Waals surface area contributed by atoms with E-state index >= 15 is 0 Å². The number of nitrogens with zero attached hydrogens (tertiary/aromatic N) is 3. The summed E-state index contributed by atoms with van der Waals surface area (Å²) in [6.07, 6.45) is 4.89. The second-order valence-corrected chi connectivity index (χ2v) is 9.07. The first kappa shape index (κ1) is 18.8. The van der Waals surface area contributed by atoms with Gasteiger partial charge in [0, 0.05) is 29.5 Å². The fourth-order valence-electron chi connectivity index (χ4n) is 4.69. The molecule has 0 radical (unpaired) electrons. The summed E-state index contributed by atoms with van der Waals surface area (Å²) in [6, 6.07) is 1.66. The zero-order chi connectivity index (χ0) is 20.1. The average molecular weight is 416 g/mol. The summed E-state index contributed by atoms with van der Waals surface area (Å²) in [4.78, 5) is 13.5. The van der Waals surface area contributed by atoms with Gasteiger partial charge in [-0.3, -0.25) is 5.14 Å². The Labute approximate surface area is 171 Å². The normalized spacial score (nSPS) is 20.7. The van der Waals surface area contributed by atoms with E-state index in [0.29, 0.717) is 23.8 Å². The molecule has 29 heavy (non-hydrogen) atoms. The molecule has 1 aliphatic heterocycles. The van der Waals surface area contributed by atoms with E-state index < -0.39 is 23.0 Å². The third-order valence-corrected chi connectivity index (χ3v) is 7.22. The minimum absolute atomic E-state index is 0.452. The maximum Gasteiger partial charge on any atom is 0.352 e. The monoisotopic (exact) mass is 415 g/mol. The van der Waals surface area contributed by atoms with Crippen molar-refractivity contribution in [1.29, 1.82) is 0 Å². The molecule has 4 N–H and O–H groups in total. The van der Waals surface area contributed by atoms with E-state index in [-0.39, 0.29) is 0 Å². The molecule has 5 rings (SSSR count). The number of aliphatic hydroxyl groups excluding tert-OH is 1. The number of hydrogen-bond acceptors (Lipinski definition) is 4. The third kappa shape index (κ3) is 3.17. The molecule has 0 saturated heterocycles. The average Bonchev–Trinajstić information content (AvgIpc) is 3.38. The lowest BCUT2D eigenvalue weighted by Crippen LogP contribution is -2.18. The molecule has 0 fully saturated rings. The van der Waals surface area contributed by atoms with Gasteiger partial charge in [0.2, 0.25) is 5.88 Å². The summed E-state index contributed by atoms with van der Waals surface area (Å²) >= 11 is 0. The van der Waals surface area contributed by atoms with Crippen LogP contribution in [0.15, 0.2) is 15.3 Å². The van der Waals surface area contributed by atoms with Crippen molar-refractivity contribution in [3.05, 3.63) is 34.0 Å². The molecule has 0 saturated carbocycles. The smallest absolute Gasteiger partial charge is 0.352 e. The molecule has 0 spiro atoms. The number of hydrogen-bond donors (Lipinski definition) is 3. The number of aliphatic hydroxyl groups is 1. The Morgan fingerprint density at radius 1 is 1.38 bits per heavy atom. The molecule has 9 heteroatoms. The van der Waals surface area contributed by atoms with Crippen molar-refractivity contribution in [1.82, 2.24) is 9.78 Å². The molecule has 1 aromatic carbocycles. The van der Waals surface area contributed by atoms with E-state index in [9.17, 15) is 9.90 Å². The molecule has 0 bridgehead atoms. The van der Waals surface area contributed by atoms with Crippen LogP contribution in [0.5, 0.6) is 5.88 Å². The number of aryl methyl sites for hydroxylation is 3. The van der Waals surface area contributed by atoms with Crippen LogP contribution < -0.4 is 15.2 Å². The molecule has 1 aromatic heterocycles. The van der Waals surface area contributed by atoms with Crippen molar-refractivity contribution in [2.24, 2.45) is 9.50 Å². The molecule has 2 heterocycles. The van der Waals surface area contributed by atoms with Gasteiger partial charge in [0.1, 0.15) is 4.90 Å². The Morgan fingerprint density at radius 2 is 2.24 bits per heavy atom. The maximum absolute atomic E-state index is 12.8. The van der Waals surface area contributed by atoms with E-state index in [4.69, 9.17) is 9.88 Å². The van der Waals surface area contributed by atoms with Crippen LogP contribution in [0.1, 0.15) is 53.3 Å². The molecule has 8 nitrogen and oxygen atoms in total. The van der Waals surface area contributed by atoms with Crippen LogP contribution >= 0.6 is 0 Å². The van der Waals surface area contributed by atoms with Crippen molar-refractivity contribution < 1.29 is 14.6 Å². The first-order valence-corrected chi connectivity index (χ1v) is 11.3. The maximum atomic E-state index is 12.8. The van der Waals surface area contributed by atoms with Gasteiger partial charge in [0.15, 0.2) is 0 Å². The molecule has 2 unspecified atom stereocenters. The van der Waals surface area contributed by atoms with Crippen molar-refractivity contribution in [2.75, 3.05) is 11.9 Å². The second kappa shape index (κ2) is 7.23. The van der Waals surface area contributed by atoms with Crippen LogP contribution in [0.2, 0.25) is 0 Å². The van der Waals surface area contributed by atoms with E-state index in [1.165, 1.54) is 11.1 Å².